The van der Waals surface area contributed by atoms with Gasteiger partial charge in [-0.2, -0.15) is 0 Å². The average molecular weight is 307 g/mol. The molecule has 0 bridgehead atoms. The Morgan fingerprint density at radius 2 is 2.05 bits per heavy atom. The van der Waals surface area contributed by atoms with Crippen LogP contribution in [0.1, 0.15) is 48.7 Å². The summed E-state index contributed by atoms with van der Waals surface area (Å²) in [6.45, 7) is 9.43. The zero-order valence-electron chi connectivity index (χ0n) is 13.1. The van der Waals surface area contributed by atoms with E-state index in [-0.39, 0.29) is 5.97 Å². The lowest BCUT2D eigenvalue weighted by Crippen LogP contribution is -2.23. The van der Waals surface area contributed by atoms with E-state index in [4.69, 9.17) is 14.9 Å². The number of aryl methyl sites for hydroxylation is 1. The number of furan rings is 1. The largest absolute Gasteiger partial charge is 0.460 e. The molecule has 0 atom stereocenters. The molecule has 2 aromatic heterocycles. The molecule has 2 rings (SSSR count). The molecule has 0 radical (unpaired) electrons. The minimum Gasteiger partial charge on any atom is -0.460 e. The maximum atomic E-state index is 12.2. The van der Waals surface area contributed by atoms with Gasteiger partial charge in [0.05, 0.1) is 10.6 Å². The summed E-state index contributed by atoms with van der Waals surface area (Å²) in [5, 5.41) is 0. The molecule has 114 valence electrons. The van der Waals surface area contributed by atoms with Gasteiger partial charge in [0.2, 0.25) is 0 Å². The van der Waals surface area contributed by atoms with Crippen LogP contribution in [0.15, 0.2) is 16.5 Å². The highest BCUT2D eigenvalue weighted by Gasteiger charge is 2.25. The summed E-state index contributed by atoms with van der Waals surface area (Å²) >= 11 is 1.32. The van der Waals surface area contributed by atoms with Crippen LogP contribution >= 0.6 is 11.3 Å². The number of thiophene rings is 1. The van der Waals surface area contributed by atoms with Crippen molar-refractivity contribution in [1.29, 1.82) is 0 Å². The van der Waals surface area contributed by atoms with Crippen LogP contribution in [0.3, 0.4) is 0 Å². The Bertz CT molecular complexity index is 662. The van der Waals surface area contributed by atoms with E-state index in [1.54, 1.807) is 0 Å². The van der Waals surface area contributed by atoms with Crippen molar-refractivity contribution in [2.45, 2.75) is 46.6 Å². The van der Waals surface area contributed by atoms with Crippen molar-refractivity contribution < 1.29 is 13.9 Å². The third-order valence-corrected chi connectivity index (χ3v) is 4.31. The van der Waals surface area contributed by atoms with Gasteiger partial charge >= 0.3 is 5.97 Å². The fraction of sp³-hybridized carbons (Fsp3) is 0.438. The standard InChI is InChI=1S/C16H21NO3S/c1-6-10-7-8-11(19-10)13-9(2)12(17)14(21-13)15(18)20-16(3,4)5/h7-8H,6,17H2,1-5H3. The number of carbonyl (C=O) groups is 1. The second-order valence-corrected chi connectivity index (χ2v) is 6.94. The minimum absolute atomic E-state index is 0.387. The first kappa shape index (κ1) is 15.6. The highest BCUT2D eigenvalue weighted by Crippen LogP contribution is 2.39. The van der Waals surface area contributed by atoms with Crippen molar-refractivity contribution in [3.63, 3.8) is 0 Å². The third-order valence-electron chi connectivity index (χ3n) is 3.01. The summed E-state index contributed by atoms with van der Waals surface area (Å²) in [6, 6.07) is 3.85. The van der Waals surface area contributed by atoms with Crippen LogP contribution in [0, 0.1) is 6.92 Å². The number of ether oxygens (including phenoxy) is 1. The lowest BCUT2D eigenvalue weighted by Gasteiger charge is -2.19. The SMILES string of the molecule is CCc1ccc(-c2sc(C(=O)OC(C)(C)C)c(N)c2C)o1. The molecule has 0 amide bonds. The molecule has 0 spiro atoms. The van der Waals surface area contributed by atoms with Gasteiger partial charge in [-0.15, -0.1) is 11.3 Å². The van der Waals surface area contributed by atoms with Crippen molar-refractivity contribution in [1.82, 2.24) is 0 Å². The Labute approximate surface area is 128 Å². The molecule has 2 N–H and O–H groups in total. The summed E-state index contributed by atoms with van der Waals surface area (Å²) in [6.07, 6.45) is 0.832. The molecule has 0 fully saturated rings. The zero-order chi connectivity index (χ0) is 15.8. The number of hydrogen-bond acceptors (Lipinski definition) is 5. The van der Waals surface area contributed by atoms with Gasteiger partial charge in [-0.05, 0) is 45.4 Å². The van der Waals surface area contributed by atoms with Crippen LogP contribution in [0.5, 0.6) is 0 Å². The molecule has 0 saturated heterocycles. The lowest BCUT2D eigenvalue weighted by atomic mass is 10.2. The summed E-state index contributed by atoms with van der Waals surface area (Å²) in [4.78, 5) is 13.5. The molecule has 0 aliphatic rings. The normalized spacial score (nSPS) is 11.7. The Balaban J connectivity index is 2.38. The van der Waals surface area contributed by atoms with Crippen molar-refractivity contribution in [3.8, 4) is 10.6 Å². The van der Waals surface area contributed by atoms with Crippen molar-refractivity contribution in [2.24, 2.45) is 0 Å². The second-order valence-electron chi connectivity index (χ2n) is 5.92. The molecule has 0 unspecified atom stereocenters. The van der Waals surface area contributed by atoms with E-state index in [0.717, 1.165) is 28.4 Å². The van der Waals surface area contributed by atoms with Crippen LogP contribution in [0.25, 0.3) is 10.6 Å². The quantitative estimate of drug-likeness (QED) is 0.853. The maximum absolute atomic E-state index is 12.2. The molecule has 0 aliphatic carbocycles. The Morgan fingerprint density at radius 3 is 2.57 bits per heavy atom. The van der Waals surface area contributed by atoms with Crippen LogP contribution in [0.4, 0.5) is 5.69 Å². The lowest BCUT2D eigenvalue weighted by molar-refractivity contribution is 0.00763. The predicted octanol–water partition coefficient (Wildman–Crippen LogP) is 4.42. The highest BCUT2D eigenvalue weighted by molar-refractivity contribution is 7.18. The fourth-order valence-electron chi connectivity index (χ4n) is 1.93. The van der Waals surface area contributed by atoms with Gasteiger partial charge < -0.3 is 14.9 Å². The van der Waals surface area contributed by atoms with E-state index in [2.05, 4.69) is 0 Å². The Hall–Kier alpha value is -1.75. The summed E-state index contributed by atoms with van der Waals surface area (Å²) in [5.74, 6) is 1.27. The summed E-state index contributed by atoms with van der Waals surface area (Å²) in [7, 11) is 0. The second kappa shape index (κ2) is 5.56. The molecule has 5 heteroatoms. The van der Waals surface area contributed by atoms with E-state index >= 15 is 0 Å². The first-order valence-electron chi connectivity index (χ1n) is 6.94. The number of hydrogen-bond donors (Lipinski definition) is 1. The van der Waals surface area contributed by atoms with E-state index in [9.17, 15) is 4.79 Å². The van der Waals surface area contributed by atoms with Gasteiger partial charge in [-0.25, -0.2) is 4.79 Å². The molecular weight excluding hydrogens is 286 g/mol. The monoisotopic (exact) mass is 307 g/mol. The maximum Gasteiger partial charge on any atom is 0.351 e. The van der Waals surface area contributed by atoms with Crippen molar-refractivity contribution in [3.05, 3.63) is 28.3 Å². The van der Waals surface area contributed by atoms with Crippen LogP contribution in [-0.2, 0) is 11.2 Å². The molecule has 4 nitrogen and oxygen atoms in total. The Kier molecular flexibility index (Phi) is 4.14. The van der Waals surface area contributed by atoms with Crippen molar-refractivity contribution in [2.75, 3.05) is 5.73 Å². The van der Waals surface area contributed by atoms with Gasteiger partial charge in [0.25, 0.3) is 0 Å². The number of anilines is 1. The first-order chi connectivity index (χ1) is 9.73. The molecule has 2 heterocycles. The van der Waals surface area contributed by atoms with Gasteiger partial charge in [-0.1, -0.05) is 6.92 Å². The third kappa shape index (κ3) is 3.29. The van der Waals surface area contributed by atoms with Crippen molar-refractivity contribution >= 4 is 23.0 Å². The molecular formula is C16H21NO3S. The van der Waals surface area contributed by atoms with E-state index < -0.39 is 5.60 Å². The molecule has 2 aromatic rings. The predicted molar refractivity (Wildman–Crippen MR) is 85.7 cm³/mol. The van der Waals surface area contributed by atoms with Gasteiger partial charge in [-0.3, -0.25) is 0 Å². The molecule has 21 heavy (non-hydrogen) atoms. The molecule has 0 saturated carbocycles. The smallest absolute Gasteiger partial charge is 0.351 e. The van der Waals surface area contributed by atoms with Crippen LogP contribution in [-0.4, -0.2) is 11.6 Å². The summed E-state index contributed by atoms with van der Waals surface area (Å²) < 4.78 is 11.1. The number of carbonyl (C=O) groups excluding carboxylic acids is 1. The van der Waals surface area contributed by atoms with E-state index in [1.807, 2.05) is 46.8 Å². The average Bonchev–Trinajstić information content (AvgIpc) is 2.94. The Morgan fingerprint density at radius 1 is 1.38 bits per heavy atom. The zero-order valence-corrected chi connectivity index (χ0v) is 13.9. The molecule has 0 aliphatic heterocycles. The first-order valence-corrected chi connectivity index (χ1v) is 7.76. The summed E-state index contributed by atoms with van der Waals surface area (Å²) in [5.41, 5.74) is 6.86. The number of nitrogens with two attached hydrogens (primary N) is 1. The van der Waals surface area contributed by atoms with E-state index in [0.29, 0.717) is 10.6 Å². The van der Waals surface area contributed by atoms with Gasteiger partial charge in [0, 0.05) is 6.42 Å². The van der Waals surface area contributed by atoms with Gasteiger partial charge in [0.1, 0.15) is 22.0 Å². The van der Waals surface area contributed by atoms with E-state index in [1.165, 1.54) is 11.3 Å². The number of esters is 1. The van der Waals surface area contributed by atoms with Crippen LogP contribution < -0.4 is 5.73 Å². The molecule has 0 aromatic carbocycles. The fourth-order valence-corrected chi connectivity index (χ4v) is 2.99. The number of nitrogen functional groups attached to an aromatic ring is 1. The number of rotatable bonds is 3. The van der Waals surface area contributed by atoms with Gasteiger partial charge in [0.15, 0.2) is 0 Å². The highest BCUT2D eigenvalue weighted by atomic mass is 32.1. The minimum atomic E-state index is -0.540. The van der Waals surface area contributed by atoms with Crippen LogP contribution in [0.2, 0.25) is 0 Å². The topological polar surface area (TPSA) is 65.5 Å².